The van der Waals surface area contributed by atoms with Crippen molar-refractivity contribution in [3.05, 3.63) is 59.7 Å². The normalized spacial score (nSPS) is 11.1. The molecule has 3 N–H and O–H groups in total. The molecule has 110 valence electrons. The zero-order valence-corrected chi connectivity index (χ0v) is 12.1. The van der Waals surface area contributed by atoms with E-state index in [1.807, 2.05) is 19.9 Å². The van der Waals surface area contributed by atoms with Crippen LogP contribution in [0.2, 0.25) is 0 Å². The second-order valence-electron chi connectivity index (χ2n) is 5.63. The van der Waals surface area contributed by atoms with Crippen LogP contribution in [0.15, 0.2) is 48.5 Å². The van der Waals surface area contributed by atoms with Crippen molar-refractivity contribution in [1.82, 2.24) is 5.32 Å². The van der Waals surface area contributed by atoms with E-state index < -0.39 is 5.41 Å². The third-order valence-electron chi connectivity index (χ3n) is 3.44. The van der Waals surface area contributed by atoms with Crippen molar-refractivity contribution in [2.75, 3.05) is 6.54 Å². The zero-order chi connectivity index (χ0) is 15.5. The molecule has 0 aliphatic carbocycles. The van der Waals surface area contributed by atoms with E-state index in [9.17, 15) is 15.0 Å². The molecule has 0 heterocycles. The number of nitrogens with one attached hydrogen (secondary N) is 1. The summed E-state index contributed by atoms with van der Waals surface area (Å²) >= 11 is 0. The van der Waals surface area contributed by atoms with Crippen molar-refractivity contribution in [3.63, 3.8) is 0 Å². The minimum absolute atomic E-state index is 0.0882. The molecule has 0 spiro atoms. The molecule has 21 heavy (non-hydrogen) atoms. The number of rotatable bonds is 4. The molecule has 0 bridgehead atoms. The van der Waals surface area contributed by atoms with Gasteiger partial charge in [-0.25, -0.2) is 0 Å². The summed E-state index contributed by atoms with van der Waals surface area (Å²) in [5.74, 6) is 0.0281. The summed E-state index contributed by atoms with van der Waals surface area (Å²) in [6.45, 7) is 4.14. The van der Waals surface area contributed by atoms with Gasteiger partial charge in [0.05, 0.1) is 0 Å². The lowest BCUT2D eigenvalue weighted by atomic mass is 9.83. The van der Waals surface area contributed by atoms with Gasteiger partial charge in [0, 0.05) is 23.1 Å². The maximum Gasteiger partial charge on any atom is 0.251 e. The molecule has 1 amide bonds. The summed E-state index contributed by atoms with van der Waals surface area (Å²) in [4.78, 5) is 12.1. The third-order valence-corrected chi connectivity index (χ3v) is 3.44. The van der Waals surface area contributed by atoms with Crippen LogP contribution in [0.25, 0.3) is 0 Å². The van der Waals surface area contributed by atoms with Gasteiger partial charge in [-0.2, -0.15) is 0 Å². The summed E-state index contributed by atoms with van der Waals surface area (Å²) in [7, 11) is 0. The maximum atomic E-state index is 12.1. The van der Waals surface area contributed by atoms with Gasteiger partial charge in [-0.05, 0) is 30.3 Å². The number of benzene rings is 2. The van der Waals surface area contributed by atoms with Gasteiger partial charge in [0.15, 0.2) is 0 Å². The smallest absolute Gasteiger partial charge is 0.251 e. The molecule has 0 fully saturated rings. The van der Waals surface area contributed by atoms with Crippen LogP contribution in [-0.4, -0.2) is 22.7 Å². The fraction of sp³-hybridized carbons (Fsp3) is 0.235. The van der Waals surface area contributed by atoms with Gasteiger partial charge in [0.1, 0.15) is 11.5 Å². The van der Waals surface area contributed by atoms with E-state index in [1.165, 1.54) is 18.2 Å². The van der Waals surface area contributed by atoms with Crippen LogP contribution in [0, 0.1) is 0 Å². The highest BCUT2D eigenvalue weighted by Crippen LogP contribution is 2.33. The Balaban J connectivity index is 2.11. The van der Waals surface area contributed by atoms with Gasteiger partial charge in [-0.3, -0.25) is 4.79 Å². The fourth-order valence-electron chi connectivity index (χ4n) is 2.15. The van der Waals surface area contributed by atoms with Gasteiger partial charge in [-0.15, -0.1) is 0 Å². The lowest BCUT2D eigenvalue weighted by Crippen LogP contribution is -2.36. The fourth-order valence-corrected chi connectivity index (χ4v) is 2.15. The van der Waals surface area contributed by atoms with Crippen LogP contribution in [0.3, 0.4) is 0 Å². The number of carbonyl (C=O) groups excluding carboxylic acids is 1. The van der Waals surface area contributed by atoms with Crippen molar-refractivity contribution in [3.8, 4) is 11.5 Å². The van der Waals surface area contributed by atoms with E-state index in [-0.39, 0.29) is 17.4 Å². The first-order chi connectivity index (χ1) is 9.90. The van der Waals surface area contributed by atoms with Crippen molar-refractivity contribution in [1.29, 1.82) is 0 Å². The van der Waals surface area contributed by atoms with Crippen LogP contribution in [0.4, 0.5) is 0 Å². The molecule has 0 saturated heterocycles. The van der Waals surface area contributed by atoms with E-state index in [1.54, 1.807) is 24.3 Å². The molecule has 2 aromatic rings. The molecule has 4 heteroatoms. The first-order valence-electron chi connectivity index (χ1n) is 6.76. The minimum Gasteiger partial charge on any atom is -0.508 e. The van der Waals surface area contributed by atoms with E-state index >= 15 is 0 Å². The highest BCUT2D eigenvalue weighted by molar-refractivity contribution is 5.94. The van der Waals surface area contributed by atoms with Gasteiger partial charge < -0.3 is 15.5 Å². The molecule has 0 saturated carbocycles. The van der Waals surface area contributed by atoms with Crippen LogP contribution in [0.5, 0.6) is 11.5 Å². The molecule has 0 unspecified atom stereocenters. The molecule has 4 nitrogen and oxygen atoms in total. The summed E-state index contributed by atoms with van der Waals surface area (Å²) in [5.41, 5.74) is 0.678. The summed E-state index contributed by atoms with van der Waals surface area (Å²) in [6, 6.07) is 13.4. The van der Waals surface area contributed by atoms with E-state index in [0.717, 1.165) is 0 Å². The van der Waals surface area contributed by atoms with Crippen LogP contribution < -0.4 is 5.32 Å². The topological polar surface area (TPSA) is 69.6 Å². The Kier molecular flexibility index (Phi) is 4.17. The Labute approximate surface area is 124 Å². The Hall–Kier alpha value is -2.49. The lowest BCUT2D eigenvalue weighted by Gasteiger charge is -2.26. The monoisotopic (exact) mass is 285 g/mol. The van der Waals surface area contributed by atoms with Gasteiger partial charge in [0.2, 0.25) is 0 Å². The molecule has 0 aliphatic heterocycles. The molecule has 0 aliphatic rings. The number of amides is 1. The summed E-state index contributed by atoms with van der Waals surface area (Å²) < 4.78 is 0. The first-order valence-corrected chi connectivity index (χ1v) is 6.76. The van der Waals surface area contributed by atoms with Crippen molar-refractivity contribution in [2.45, 2.75) is 19.3 Å². The number of hydrogen-bond acceptors (Lipinski definition) is 3. The lowest BCUT2D eigenvalue weighted by molar-refractivity contribution is 0.0945. The van der Waals surface area contributed by atoms with Gasteiger partial charge in [0.25, 0.3) is 5.91 Å². The van der Waals surface area contributed by atoms with E-state index in [0.29, 0.717) is 17.7 Å². The summed E-state index contributed by atoms with van der Waals surface area (Å²) in [5, 5.41) is 22.3. The Morgan fingerprint density at radius 3 is 2.43 bits per heavy atom. The van der Waals surface area contributed by atoms with Crippen molar-refractivity contribution < 1.29 is 15.0 Å². The van der Waals surface area contributed by atoms with Gasteiger partial charge in [-0.1, -0.05) is 32.0 Å². The molecular formula is C17H19NO3. The highest BCUT2D eigenvalue weighted by Gasteiger charge is 2.25. The van der Waals surface area contributed by atoms with Crippen LogP contribution in [0.1, 0.15) is 29.8 Å². The largest absolute Gasteiger partial charge is 0.508 e. The van der Waals surface area contributed by atoms with Crippen molar-refractivity contribution >= 4 is 5.91 Å². The first kappa shape index (κ1) is 14.9. The predicted octanol–water partition coefficient (Wildman–Crippen LogP) is 2.81. The second kappa shape index (κ2) is 5.87. The number of phenols is 2. The third kappa shape index (κ3) is 3.54. The van der Waals surface area contributed by atoms with Crippen LogP contribution >= 0.6 is 0 Å². The Bertz CT molecular complexity index is 636. The predicted molar refractivity (Wildman–Crippen MR) is 81.6 cm³/mol. The molecular weight excluding hydrogens is 266 g/mol. The molecule has 0 radical (unpaired) electrons. The zero-order valence-electron chi connectivity index (χ0n) is 12.1. The summed E-state index contributed by atoms with van der Waals surface area (Å²) in [6.07, 6.45) is 0. The molecule has 2 aromatic carbocycles. The second-order valence-corrected chi connectivity index (χ2v) is 5.63. The SMILES string of the molecule is CC(C)(CNC(=O)c1ccccc1)c1cc(O)ccc1O. The quantitative estimate of drug-likeness (QED) is 0.757. The molecule has 0 aromatic heterocycles. The number of hydrogen-bond donors (Lipinski definition) is 3. The maximum absolute atomic E-state index is 12.1. The van der Waals surface area contributed by atoms with E-state index in [4.69, 9.17) is 0 Å². The van der Waals surface area contributed by atoms with Crippen LogP contribution in [-0.2, 0) is 5.41 Å². The standard InChI is InChI=1S/C17H19NO3/c1-17(2,14-10-13(19)8-9-15(14)20)11-18-16(21)12-6-4-3-5-7-12/h3-10,19-20H,11H2,1-2H3,(H,18,21). The number of aromatic hydroxyl groups is 2. The van der Waals surface area contributed by atoms with Crippen molar-refractivity contribution in [2.24, 2.45) is 0 Å². The minimum atomic E-state index is -0.507. The average Bonchev–Trinajstić information content (AvgIpc) is 2.48. The number of carbonyl (C=O) groups is 1. The van der Waals surface area contributed by atoms with E-state index in [2.05, 4.69) is 5.32 Å². The Morgan fingerprint density at radius 1 is 1.10 bits per heavy atom. The number of phenolic OH excluding ortho intramolecular Hbond substituents is 2. The van der Waals surface area contributed by atoms with Gasteiger partial charge >= 0.3 is 0 Å². The molecule has 2 rings (SSSR count). The molecule has 0 atom stereocenters. The Morgan fingerprint density at radius 2 is 1.76 bits per heavy atom. The highest BCUT2D eigenvalue weighted by atomic mass is 16.3. The average molecular weight is 285 g/mol.